The molecule has 0 aliphatic carbocycles. The number of benzene rings is 1. The number of carbonyl (C=O) groups excluding carboxylic acids is 1. The second-order valence-corrected chi connectivity index (χ2v) is 6.19. The average Bonchev–Trinajstić information content (AvgIpc) is 3.04. The first-order valence-electron chi connectivity index (χ1n) is 9.26. The molecule has 26 heavy (non-hydrogen) atoms. The van der Waals surface area contributed by atoms with Crippen LogP contribution in [0.5, 0.6) is 0 Å². The third-order valence-corrected chi connectivity index (χ3v) is 4.20. The van der Waals surface area contributed by atoms with E-state index in [2.05, 4.69) is 32.2 Å². The van der Waals surface area contributed by atoms with Crippen LogP contribution in [-0.2, 0) is 13.1 Å². The summed E-state index contributed by atoms with van der Waals surface area (Å²) in [5.41, 5.74) is 5.08. The zero-order valence-electron chi connectivity index (χ0n) is 16.8. The molecule has 3 nitrogen and oxygen atoms in total. The highest BCUT2D eigenvalue weighted by molar-refractivity contribution is 5.76. The Labute approximate surface area is 157 Å². The molecule has 1 aromatic rings. The minimum Gasteiger partial charge on any atom is -0.316 e. The van der Waals surface area contributed by atoms with Crippen LogP contribution in [0.2, 0.25) is 0 Å². The average molecular weight is 359 g/mol. The van der Waals surface area contributed by atoms with Gasteiger partial charge in [-0.05, 0) is 62.1 Å². The number of fused-ring (bicyclic) bond motifs is 1. The Bertz CT molecular complexity index is 717. The van der Waals surface area contributed by atoms with Crippen molar-refractivity contribution in [2.24, 2.45) is 0 Å². The molecule has 0 aromatic heterocycles. The van der Waals surface area contributed by atoms with Gasteiger partial charge in [0.05, 0.1) is 0 Å². The van der Waals surface area contributed by atoms with E-state index in [-0.39, 0.29) is 11.8 Å². The monoisotopic (exact) mass is 358 g/mol. The van der Waals surface area contributed by atoms with Gasteiger partial charge < -0.3 is 10.2 Å². The van der Waals surface area contributed by atoms with Gasteiger partial charge >= 0.3 is 6.03 Å². The molecule has 0 spiro atoms. The Morgan fingerprint density at radius 1 is 1.12 bits per heavy atom. The van der Waals surface area contributed by atoms with Crippen LogP contribution in [0.15, 0.2) is 53.3 Å². The van der Waals surface area contributed by atoms with Crippen molar-refractivity contribution >= 4 is 6.03 Å². The van der Waals surface area contributed by atoms with Crippen molar-refractivity contribution in [1.29, 1.82) is 0 Å². The summed E-state index contributed by atoms with van der Waals surface area (Å²) >= 11 is 0. The Balaban J connectivity index is 0.00000163. The molecular formula is C22H31FN2O. The number of nitrogens with zero attached hydrogens (tertiary/aromatic N) is 1. The van der Waals surface area contributed by atoms with Crippen molar-refractivity contribution in [3.63, 3.8) is 0 Å². The van der Waals surface area contributed by atoms with E-state index >= 15 is 0 Å². The van der Waals surface area contributed by atoms with Crippen LogP contribution in [0.3, 0.4) is 0 Å². The lowest BCUT2D eigenvalue weighted by Gasteiger charge is -2.16. The van der Waals surface area contributed by atoms with Gasteiger partial charge in [-0.25, -0.2) is 9.18 Å². The molecule has 1 heterocycles. The summed E-state index contributed by atoms with van der Waals surface area (Å²) in [7, 11) is 0. The van der Waals surface area contributed by atoms with Crippen LogP contribution in [0.1, 0.15) is 59.1 Å². The predicted octanol–water partition coefficient (Wildman–Crippen LogP) is 6.08. The van der Waals surface area contributed by atoms with Gasteiger partial charge in [0.25, 0.3) is 0 Å². The Kier molecular flexibility index (Phi) is 8.83. The fourth-order valence-corrected chi connectivity index (χ4v) is 2.64. The Morgan fingerprint density at radius 2 is 1.77 bits per heavy atom. The van der Waals surface area contributed by atoms with E-state index in [1.54, 1.807) is 11.0 Å². The lowest BCUT2D eigenvalue weighted by atomic mass is 10.1. The summed E-state index contributed by atoms with van der Waals surface area (Å²) in [4.78, 5) is 14.0. The molecule has 0 unspecified atom stereocenters. The zero-order chi connectivity index (χ0) is 19.7. The van der Waals surface area contributed by atoms with E-state index in [4.69, 9.17) is 0 Å². The van der Waals surface area contributed by atoms with Crippen molar-refractivity contribution in [3.8, 4) is 0 Å². The number of hydrogen-bond donors (Lipinski definition) is 1. The van der Waals surface area contributed by atoms with E-state index in [0.717, 1.165) is 23.2 Å². The molecule has 0 saturated heterocycles. The summed E-state index contributed by atoms with van der Waals surface area (Å²) in [6, 6.07) is 4.52. The highest BCUT2D eigenvalue weighted by Crippen LogP contribution is 2.23. The SMILES string of the molecule is CC.CC/C=C(C)/C(C)=C/C=C(\C)NC(=O)N1Cc2ccc(F)cc2C1. The second-order valence-electron chi connectivity index (χ2n) is 6.19. The quantitative estimate of drug-likeness (QED) is 0.650. The van der Waals surface area contributed by atoms with Gasteiger partial charge in [0.2, 0.25) is 0 Å². The van der Waals surface area contributed by atoms with Crippen molar-refractivity contribution in [1.82, 2.24) is 10.2 Å². The number of amides is 2. The number of carbonyl (C=O) groups is 1. The van der Waals surface area contributed by atoms with Gasteiger partial charge in [-0.15, -0.1) is 0 Å². The topological polar surface area (TPSA) is 32.3 Å². The molecule has 1 aromatic carbocycles. The first-order chi connectivity index (χ1) is 12.4. The number of rotatable bonds is 4. The minimum absolute atomic E-state index is 0.160. The smallest absolute Gasteiger partial charge is 0.316 e. The van der Waals surface area contributed by atoms with E-state index in [9.17, 15) is 9.18 Å². The van der Waals surface area contributed by atoms with Crippen LogP contribution in [0.4, 0.5) is 9.18 Å². The predicted molar refractivity (Wildman–Crippen MR) is 107 cm³/mol. The Morgan fingerprint density at radius 3 is 2.42 bits per heavy atom. The second kappa shape index (κ2) is 10.6. The lowest BCUT2D eigenvalue weighted by molar-refractivity contribution is 0.201. The van der Waals surface area contributed by atoms with Gasteiger partial charge in [-0.2, -0.15) is 0 Å². The summed E-state index contributed by atoms with van der Waals surface area (Å²) in [6.07, 6.45) is 7.09. The number of halogens is 1. The third-order valence-electron chi connectivity index (χ3n) is 4.20. The molecule has 0 saturated carbocycles. The van der Waals surface area contributed by atoms with E-state index in [1.807, 2.05) is 32.9 Å². The van der Waals surface area contributed by atoms with E-state index in [1.165, 1.54) is 23.3 Å². The minimum atomic E-state index is -0.261. The van der Waals surface area contributed by atoms with Crippen LogP contribution in [0.25, 0.3) is 0 Å². The lowest BCUT2D eigenvalue weighted by Crippen LogP contribution is -2.35. The highest BCUT2D eigenvalue weighted by atomic mass is 19.1. The maximum absolute atomic E-state index is 13.3. The van der Waals surface area contributed by atoms with Crippen molar-refractivity contribution < 1.29 is 9.18 Å². The molecule has 4 heteroatoms. The Hall–Kier alpha value is -2.36. The molecular weight excluding hydrogens is 327 g/mol. The van der Waals surface area contributed by atoms with Crippen LogP contribution < -0.4 is 5.32 Å². The standard InChI is InChI=1S/C20H25FN2O.C2H6/c1-5-6-14(2)15(3)7-8-16(4)22-20(24)23-12-17-9-10-19(21)11-18(17)13-23;1-2/h6-11H,5,12-13H2,1-4H3,(H,22,24);1-2H3/b14-6+,15-7+,16-8+;. The summed E-state index contributed by atoms with van der Waals surface area (Å²) in [5.74, 6) is -0.261. The van der Waals surface area contributed by atoms with Gasteiger partial charge in [-0.3, -0.25) is 0 Å². The van der Waals surface area contributed by atoms with Gasteiger partial charge in [0.1, 0.15) is 5.82 Å². The molecule has 2 amide bonds. The fourth-order valence-electron chi connectivity index (χ4n) is 2.64. The van der Waals surface area contributed by atoms with Crippen LogP contribution in [0, 0.1) is 5.82 Å². The van der Waals surface area contributed by atoms with Crippen LogP contribution >= 0.6 is 0 Å². The van der Waals surface area contributed by atoms with Crippen LogP contribution in [-0.4, -0.2) is 10.9 Å². The number of nitrogens with one attached hydrogen (secondary N) is 1. The zero-order valence-corrected chi connectivity index (χ0v) is 16.8. The molecule has 0 bridgehead atoms. The first-order valence-corrected chi connectivity index (χ1v) is 9.26. The van der Waals surface area contributed by atoms with E-state index in [0.29, 0.717) is 13.1 Å². The summed E-state index contributed by atoms with van der Waals surface area (Å²) in [5, 5.41) is 2.89. The van der Waals surface area contributed by atoms with Crippen molar-refractivity contribution in [2.45, 2.75) is 61.1 Å². The molecule has 0 fully saturated rings. The molecule has 0 atom stereocenters. The molecule has 1 aliphatic rings. The molecule has 0 radical (unpaired) electrons. The van der Waals surface area contributed by atoms with Gasteiger partial charge in [-0.1, -0.05) is 44.6 Å². The third kappa shape index (κ3) is 6.17. The molecule has 2 rings (SSSR count). The highest BCUT2D eigenvalue weighted by Gasteiger charge is 2.23. The summed E-state index contributed by atoms with van der Waals surface area (Å²) in [6.45, 7) is 13.1. The first kappa shape index (κ1) is 21.7. The number of allylic oxidation sites excluding steroid dienone is 6. The molecule has 1 aliphatic heterocycles. The van der Waals surface area contributed by atoms with E-state index < -0.39 is 0 Å². The maximum atomic E-state index is 13.3. The molecule has 142 valence electrons. The largest absolute Gasteiger partial charge is 0.322 e. The summed E-state index contributed by atoms with van der Waals surface area (Å²) < 4.78 is 13.3. The number of hydrogen-bond acceptors (Lipinski definition) is 1. The molecule has 1 N–H and O–H groups in total. The number of urea groups is 1. The van der Waals surface area contributed by atoms with Gasteiger partial charge in [0.15, 0.2) is 0 Å². The van der Waals surface area contributed by atoms with Crippen molar-refractivity contribution in [2.75, 3.05) is 0 Å². The maximum Gasteiger partial charge on any atom is 0.322 e. The van der Waals surface area contributed by atoms with Crippen molar-refractivity contribution in [3.05, 3.63) is 70.2 Å². The fraction of sp³-hybridized carbons (Fsp3) is 0.409. The van der Waals surface area contributed by atoms with Gasteiger partial charge in [0, 0.05) is 18.8 Å². The normalized spacial score (nSPS) is 14.6.